The van der Waals surface area contributed by atoms with Crippen LogP contribution < -0.4 is 10.6 Å². The SMILES string of the molecule is CC(=O)NC(Cc1c[nH]c2ccccc12)C(=O)N1CCC(C(=O)Nc2ccccn2)CC1. The summed E-state index contributed by atoms with van der Waals surface area (Å²) in [7, 11) is 0. The Kier molecular flexibility index (Phi) is 6.49. The zero-order chi connectivity index (χ0) is 22.5. The number of aromatic amines is 1. The summed E-state index contributed by atoms with van der Waals surface area (Å²) < 4.78 is 0. The molecule has 8 nitrogen and oxygen atoms in total. The highest BCUT2D eigenvalue weighted by molar-refractivity contribution is 5.92. The number of rotatable bonds is 6. The van der Waals surface area contributed by atoms with Gasteiger partial charge < -0.3 is 20.5 Å². The number of hydrogen-bond donors (Lipinski definition) is 3. The molecule has 1 aliphatic heterocycles. The van der Waals surface area contributed by atoms with Gasteiger partial charge in [0, 0.05) is 55.6 Å². The van der Waals surface area contributed by atoms with Crippen LogP contribution >= 0.6 is 0 Å². The summed E-state index contributed by atoms with van der Waals surface area (Å²) in [4.78, 5) is 46.7. The number of nitrogens with one attached hydrogen (secondary N) is 3. The Balaban J connectivity index is 1.39. The summed E-state index contributed by atoms with van der Waals surface area (Å²) in [5, 5.41) is 6.69. The van der Waals surface area contributed by atoms with Gasteiger partial charge in [-0.1, -0.05) is 24.3 Å². The summed E-state index contributed by atoms with van der Waals surface area (Å²) in [6.07, 6.45) is 5.07. The van der Waals surface area contributed by atoms with Crippen LogP contribution in [0.15, 0.2) is 54.9 Å². The van der Waals surface area contributed by atoms with Gasteiger partial charge in [0.2, 0.25) is 17.7 Å². The number of aromatic nitrogens is 2. The second-order valence-electron chi connectivity index (χ2n) is 8.12. The summed E-state index contributed by atoms with van der Waals surface area (Å²) in [6, 6.07) is 12.6. The van der Waals surface area contributed by atoms with Crippen molar-refractivity contribution in [1.82, 2.24) is 20.2 Å². The number of carbonyl (C=O) groups is 3. The van der Waals surface area contributed by atoms with E-state index in [4.69, 9.17) is 0 Å². The molecule has 0 aliphatic carbocycles. The molecule has 1 aliphatic rings. The van der Waals surface area contributed by atoms with Crippen LogP contribution in [0.25, 0.3) is 10.9 Å². The maximum absolute atomic E-state index is 13.3. The first-order chi connectivity index (χ1) is 15.5. The fourth-order valence-corrected chi connectivity index (χ4v) is 4.21. The molecule has 3 aromatic rings. The highest BCUT2D eigenvalue weighted by Crippen LogP contribution is 2.22. The van der Waals surface area contributed by atoms with E-state index in [0.29, 0.717) is 38.2 Å². The number of fused-ring (bicyclic) bond motifs is 1. The van der Waals surface area contributed by atoms with Crippen LogP contribution in [0.5, 0.6) is 0 Å². The van der Waals surface area contributed by atoms with Crippen molar-refractivity contribution < 1.29 is 14.4 Å². The van der Waals surface area contributed by atoms with Gasteiger partial charge in [-0.3, -0.25) is 14.4 Å². The molecular weight excluding hydrogens is 406 g/mol. The molecule has 3 heterocycles. The molecule has 0 radical (unpaired) electrons. The molecule has 1 unspecified atom stereocenters. The molecule has 166 valence electrons. The first-order valence-electron chi connectivity index (χ1n) is 10.8. The Morgan fingerprint density at radius 1 is 1.12 bits per heavy atom. The monoisotopic (exact) mass is 433 g/mol. The Labute approximate surface area is 186 Å². The van der Waals surface area contributed by atoms with Gasteiger partial charge in [0.05, 0.1) is 0 Å². The summed E-state index contributed by atoms with van der Waals surface area (Å²) in [5.41, 5.74) is 1.98. The number of benzene rings is 1. The van der Waals surface area contributed by atoms with Crippen molar-refractivity contribution in [3.05, 3.63) is 60.4 Å². The Morgan fingerprint density at radius 2 is 1.88 bits per heavy atom. The number of hydrogen-bond acceptors (Lipinski definition) is 4. The van der Waals surface area contributed by atoms with Crippen molar-refractivity contribution in [3.63, 3.8) is 0 Å². The van der Waals surface area contributed by atoms with Gasteiger partial charge in [0.1, 0.15) is 11.9 Å². The van der Waals surface area contributed by atoms with Crippen molar-refractivity contribution in [2.24, 2.45) is 5.92 Å². The van der Waals surface area contributed by atoms with Crippen LogP contribution in [0.3, 0.4) is 0 Å². The van der Waals surface area contributed by atoms with E-state index >= 15 is 0 Å². The zero-order valence-electron chi connectivity index (χ0n) is 18.0. The Morgan fingerprint density at radius 3 is 2.59 bits per heavy atom. The number of piperidine rings is 1. The van der Waals surface area contributed by atoms with Gasteiger partial charge in [-0.25, -0.2) is 4.98 Å². The molecule has 32 heavy (non-hydrogen) atoms. The molecule has 1 saturated heterocycles. The predicted octanol–water partition coefficient (Wildman–Crippen LogP) is 2.49. The molecular formula is C24H27N5O3. The maximum atomic E-state index is 13.3. The first-order valence-corrected chi connectivity index (χ1v) is 10.8. The number of likely N-dealkylation sites (tertiary alicyclic amines) is 1. The molecule has 1 aromatic carbocycles. The smallest absolute Gasteiger partial charge is 0.245 e. The third kappa shape index (κ3) is 4.96. The minimum atomic E-state index is -0.648. The fourth-order valence-electron chi connectivity index (χ4n) is 4.21. The zero-order valence-corrected chi connectivity index (χ0v) is 18.0. The lowest BCUT2D eigenvalue weighted by molar-refractivity contribution is -0.138. The van der Waals surface area contributed by atoms with Crippen LogP contribution in [-0.4, -0.2) is 51.7 Å². The predicted molar refractivity (Wildman–Crippen MR) is 122 cm³/mol. The summed E-state index contributed by atoms with van der Waals surface area (Å²) in [5.74, 6) is -0.0794. The largest absolute Gasteiger partial charge is 0.361 e. The van der Waals surface area contributed by atoms with E-state index in [1.54, 1.807) is 23.2 Å². The van der Waals surface area contributed by atoms with Crippen molar-refractivity contribution in [3.8, 4) is 0 Å². The standard InChI is InChI=1S/C24H27N5O3/c1-16(30)27-21(14-18-15-26-20-7-3-2-6-19(18)20)24(32)29-12-9-17(10-13-29)23(31)28-22-8-4-5-11-25-22/h2-8,11,15,17,21,26H,9-10,12-14H2,1H3,(H,27,30)(H,25,28,31). The Hall–Kier alpha value is -3.68. The van der Waals surface area contributed by atoms with E-state index < -0.39 is 6.04 Å². The minimum Gasteiger partial charge on any atom is -0.361 e. The van der Waals surface area contributed by atoms with Crippen LogP contribution in [-0.2, 0) is 20.8 Å². The third-order valence-electron chi connectivity index (χ3n) is 5.87. The van der Waals surface area contributed by atoms with Crippen LogP contribution in [0, 0.1) is 5.92 Å². The lowest BCUT2D eigenvalue weighted by Crippen LogP contribution is -2.52. The highest BCUT2D eigenvalue weighted by atomic mass is 16.2. The van der Waals surface area contributed by atoms with E-state index in [-0.39, 0.29) is 23.6 Å². The Bertz CT molecular complexity index is 1100. The van der Waals surface area contributed by atoms with E-state index in [0.717, 1.165) is 16.5 Å². The quantitative estimate of drug-likeness (QED) is 0.555. The van der Waals surface area contributed by atoms with Gasteiger partial charge in [-0.2, -0.15) is 0 Å². The van der Waals surface area contributed by atoms with Crippen LogP contribution in [0.1, 0.15) is 25.3 Å². The molecule has 1 atom stereocenters. The van der Waals surface area contributed by atoms with Crippen LogP contribution in [0.2, 0.25) is 0 Å². The second kappa shape index (κ2) is 9.64. The molecule has 0 saturated carbocycles. The lowest BCUT2D eigenvalue weighted by atomic mass is 9.94. The molecule has 0 spiro atoms. The van der Waals surface area contributed by atoms with Crippen molar-refractivity contribution >= 4 is 34.4 Å². The van der Waals surface area contributed by atoms with Crippen molar-refractivity contribution in [1.29, 1.82) is 0 Å². The number of H-pyrrole nitrogens is 1. The van der Waals surface area contributed by atoms with Gasteiger partial charge in [-0.05, 0) is 36.6 Å². The first kappa shape index (κ1) is 21.5. The molecule has 8 heteroatoms. The number of amides is 3. The average Bonchev–Trinajstić information content (AvgIpc) is 3.21. The number of para-hydroxylation sites is 1. The van der Waals surface area contributed by atoms with Crippen molar-refractivity contribution in [2.45, 2.75) is 32.2 Å². The van der Waals surface area contributed by atoms with E-state index in [2.05, 4.69) is 20.6 Å². The van der Waals surface area contributed by atoms with Crippen LogP contribution in [0.4, 0.5) is 5.82 Å². The van der Waals surface area contributed by atoms with Gasteiger partial charge in [0.25, 0.3) is 0 Å². The third-order valence-corrected chi connectivity index (χ3v) is 5.87. The van der Waals surface area contributed by atoms with Gasteiger partial charge in [0.15, 0.2) is 0 Å². The average molecular weight is 434 g/mol. The van der Waals surface area contributed by atoms with Gasteiger partial charge >= 0.3 is 0 Å². The number of nitrogens with zero attached hydrogens (tertiary/aromatic N) is 2. The van der Waals surface area contributed by atoms with Gasteiger partial charge in [-0.15, -0.1) is 0 Å². The second-order valence-corrected chi connectivity index (χ2v) is 8.12. The molecule has 0 bridgehead atoms. The normalized spacial score (nSPS) is 15.3. The lowest BCUT2D eigenvalue weighted by Gasteiger charge is -2.33. The topological polar surface area (TPSA) is 107 Å². The highest BCUT2D eigenvalue weighted by Gasteiger charge is 2.31. The van der Waals surface area contributed by atoms with E-state index in [1.165, 1.54) is 6.92 Å². The molecule has 3 N–H and O–H groups in total. The number of carbonyl (C=O) groups excluding carboxylic acids is 3. The van der Waals surface area contributed by atoms with E-state index in [9.17, 15) is 14.4 Å². The number of anilines is 1. The molecule has 4 rings (SSSR count). The fraction of sp³-hybridized carbons (Fsp3) is 0.333. The number of pyridine rings is 1. The summed E-state index contributed by atoms with van der Waals surface area (Å²) in [6.45, 7) is 2.37. The molecule has 3 amide bonds. The molecule has 1 fully saturated rings. The summed E-state index contributed by atoms with van der Waals surface area (Å²) >= 11 is 0. The molecule has 2 aromatic heterocycles. The maximum Gasteiger partial charge on any atom is 0.245 e. The minimum absolute atomic E-state index is 0.0759. The van der Waals surface area contributed by atoms with Crippen molar-refractivity contribution in [2.75, 3.05) is 18.4 Å². The van der Waals surface area contributed by atoms with E-state index in [1.807, 2.05) is 36.5 Å².